The standard InChI is InChI=1S/C28H37N5O3/c29-16-1-2-17-30-19-9-11-20(12-10-19)31-22-5-3-4-21-26(22)23(13-8-18-6-7-18)33(28(21)36)24-14-15-25(34)32-27(24)35/h3-5,18-20,23-24,30-31H,1-2,6-15,17H2,(H,32,34,35)/t19?,20?,23-,24-/m1/s1. The van der Waals surface area contributed by atoms with Gasteiger partial charge in [0.25, 0.3) is 5.91 Å². The maximum absolute atomic E-state index is 13.6. The molecule has 2 atom stereocenters. The molecule has 2 saturated carbocycles. The summed E-state index contributed by atoms with van der Waals surface area (Å²) in [6, 6.07) is 8.22. The number of piperidine rings is 1. The molecule has 192 valence electrons. The molecule has 1 saturated heterocycles. The average molecular weight is 492 g/mol. The first-order valence-corrected chi connectivity index (χ1v) is 13.7. The Labute approximate surface area is 213 Å². The molecular weight excluding hydrogens is 454 g/mol. The van der Waals surface area contributed by atoms with Crippen molar-refractivity contribution in [2.45, 2.75) is 101 Å². The van der Waals surface area contributed by atoms with Gasteiger partial charge in [-0.05, 0) is 76.0 Å². The minimum absolute atomic E-state index is 0.0887. The highest BCUT2D eigenvalue weighted by Gasteiger charge is 2.46. The van der Waals surface area contributed by atoms with Crippen LogP contribution in [0.4, 0.5) is 5.69 Å². The molecule has 3 fully saturated rings. The van der Waals surface area contributed by atoms with Crippen molar-refractivity contribution >= 4 is 23.4 Å². The van der Waals surface area contributed by atoms with Gasteiger partial charge in [0.05, 0.1) is 12.1 Å². The number of unbranched alkanes of at least 4 members (excludes halogenated alkanes) is 1. The summed E-state index contributed by atoms with van der Waals surface area (Å²) in [6.07, 6.45) is 10.8. The Morgan fingerprint density at radius 1 is 1.00 bits per heavy atom. The molecule has 8 nitrogen and oxygen atoms in total. The van der Waals surface area contributed by atoms with E-state index in [-0.39, 0.29) is 30.2 Å². The first-order valence-electron chi connectivity index (χ1n) is 13.7. The summed E-state index contributed by atoms with van der Waals surface area (Å²) in [4.78, 5) is 39.9. The molecular formula is C28H37N5O3. The van der Waals surface area contributed by atoms with Crippen molar-refractivity contribution in [2.75, 3.05) is 11.9 Å². The van der Waals surface area contributed by atoms with E-state index < -0.39 is 6.04 Å². The van der Waals surface area contributed by atoms with Crippen LogP contribution in [0, 0.1) is 17.2 Å². The first-order chi connectivity index (χ1) is 17.5. The van der Waals surface area contributed by atoms with Crippen molar-refractivity contribution in [1.29, 1.82) is 5.26 Å². The Kier molecular flexibility index (Phi) is 7.56. The molecule has 3 amide bonds. The number of hydrogen-bond donors (Lipinski definition) is 3. The van der Waals surface area contributed by atoms with Crippen LogP contribution in [0.1, 0.15) is 99.0 Å². The number of hydrogen-bond acceptors (Lipinski definition) is 6. The molecule has 4 aliphatic rings. The third kappa shape index (κ3) is 5.41. The lowest BCUT2D eigenvalue weighted by molar-refractivity contribution is -0.137. The largest absolute Gasteiger partial charge is 0.382 e. The lowest BCUT2D eigenvalue weighted by Gasteiger charge is -2.35. The fourth-order valence-corrected chi connectivity index (χ4v) is 6.18. The minimum atomic E-state index is -0.595. The van der Waals surface area contributed by atoms with Gasteiger partial charge in [-0.25, -0.2) is 0 Å². The fraction of sp³-hybridized carbons (Fsp3) is 0.643. The molecule has 36 heavy (non-hydrogen) atoms. The van der Waals surface area contributed by atoms with Crippen LogP contribution in [0.2, 0.25) is 0 Å². The van der Waals surface area contributed by atoms with Crippen molar-refractivity contribution in [3.8, 4) is 6.07 Å². The number of rotatable bonds is 10. The number of imide groups is 1. The zero-order valence-electron chi connectivity index (χ0n) is 20.9. The third-order valence-electron chi connectivity index (χ3n) is 8.32. The molecule has 0 unspecified atom stereocenters. The highest BCUT2D eigenvalue weighted by molar-refractivity contribution is 6.06. The maximum Gasteiger partial charge on any atom is 0.255 e. The second kappa shape index (κ2) is 11.0. The zero-order valence-corrected chi connectivity index (χ0v) is 20.9. The van der Waals surface area contributed by atoms with E-state index in [1.54, 1.807) is 4.90 Å². The van der Waals surface area contributed by atoms with Gasteiger partial charge < -0.3 is 15.5 Å². The van der Waals surface area contributed by atoms with Crippen LogP contribution >= 0.6 is 0 Å². The predicted molar refractivity (Wildman–Crippen MR) is 136 cm³/mol. The van der Waals surface area contributed by atoms with Crippen LogP contribution in [-0.2, 0) is 9.59 Å². The lowest BCUT2D eigenvalue weighted by Crippen LogP contribution is -2.53. The van der Waals surface area contributed by atoms with E-state index in [2.05, 4.69) is 28.1 Å². The topological polar surface area (TPSA) is 114 Å². The van der Waals surface area contributed by atoms with Crippen molar-refractivity contribution < 1.29 is 14.4 Å². The molecule has 0 bridgehead atoms. The molecule has 2 heterocycles. The molecule has 2 aliphatic heterocycles. The van der Waals surface area contributed by atoms with Gasteiger partial charge in [-0.1, -0.05) is 18.9 Å². The molecule has 1 aromatic carbocycles. The van der Waals surface area contributed by atoms with Crippen molar-refractivity contribution in [1.82, 2.24) is 15.5 Å². The molecule has 5 rings (SSSR count). The van der Waals surface area contributed by atoms with E-state index in [1.165, 1.54) is 12.8 Å². The number of nitriles is 1. The lowest BCUT2D eigenvalue weighted by atomic mass is 9.90. The summed E-state index contributed by atoms with van der Waals surface area (Å²) in [5.41, 5.74) is 2.74. The average Bonchev–Trinajstić information content (AvgIpc) is 3.66. The SMILES string of the molecule is N#CCCCNC1CCC(Nc2cccc3c2[C@@H](CCC2CC2)N([C@@H]2CCC(=O)NC2=O)C3=O)CC1. The summed E-state index contributed by atoms with van der Waals surface area (Å²) in [6.45, 7) is 0.892. The number of benzene rings is 1. The monoisotopic (exact) mass is 491 g/mol. The van der Waals surface area contributed by atoms with Gasteiger partial charge in [-0.2, -0.15) is 5.26 Å². The summed E-state index contributed by atoms with van der Waals surface area (Å²) in [5.74, 6) is 0.0319. The van der Waals surface area contributed by atoms with E-state index in [4.69, 9.17) is 5.26 Å². The zero-order chi connectivity index (χ0) is 25.1. The smallest absolute Gasteiger partial charge is 0.255 e. The highest BCUT2D eigenvalue weighted by atomic mass is 16.2. The fourth-order valence-electron chi connectivity index (χ4n) is 6.18. The third-order valence-corrected chi connectivity index (χ3v) is 8.32. The quantitative estimate of drug-likeness (QED) is 0.339. The number of amides is 3. The Morgan fingerprint density at radius 3 is 2.50 bits per heavy atom. The van der Waals surface area contributed by atoms with Gasteiger partial charge in [-0.15, -0.1) is 0 Å². The van der Waals surface area contributed by atoms with Crippen LogP contribution in [-0.4, -0.2) is 47.3 Å². The second-order valence-electron chi connectivity index (χ2n) is 10.9. The Morgan fingerprint density at radius 2 is 1.78 bits per heavy atom. The van der Waals surface area contributed by atoms with Gasteiger partial charge >= 0.3 is 0 Å². The van der Waals surface area contributed by atoms with Crippen LogP contribution in [0.15, 0.2) is 18.2 Å². The first kappa shape index (κ1) is 24.8. The van der Waals surface area contributed by atoms with Gasteiger partial charge in [0.2, 0.25) is 11.8 Å². The molecule has 0 aromatic heterocycles. The van der Waals surface area contributed by atoms with Gasteiger partial charge in [0.15, 0.2) is 0 Å². The highest BCUT2D eigenvalue weighted by Crippen LogP contribution is 2.46. The Bertz CT molecular complexity index is 1040. The number of nitrogens with one attached hydrogen (secondary N) is 3. The molecule has 0 radical (unpaired) electrons. The molecule has 2 aliphatic carbocycles. The molecule has 8 heteroatoms. The normalized spacial score (nSPS) is 28.0. The van der Waals surface area contributed by atoms with Crippen molar-refractivity contribution in [2.24, 2.45) is 5.92 Å². The number of fused-ring (bicyclic) bond motifs is 1. The van der Waals surface area contributed by atoms with Gasteiger partial charge in [0.1, 0.15) is 6.04 Å². The number of carbonyl (C=O) groups excluding carboxylic acids is 3. The van der Waals surface area contributed by atoms with E-state index in [1.807, 2.05) is 12.1 Å². The maximum atomic E-state index is 13.6. The Balaban J connectivity index is 1.30. The number of nitrogens with zero attached hydrogens (tertiary/aromatic N) is 2. The van der Waals surface area contributed by atoms with Crippen molar-refractivity contribution in [3.05, 3.63) is 29.3 Å². The number of anilines is 1. The summed E-state index contributed by atoms with van der Waals surface area (Å²) in [5, 5.41) is 18.5. The summed E-state index contributed by atoms with van der Waals surface area (Å²) in [7, 11) is 0. The Hall–Kier alpha value is -2.92. The van der Waals surface area contributed by atoms with Crippen LogP contribution < -0.4 is 16.0 Å². The molecule has 3 N–H and O–H groups in total. The second-order valence-corrected chi connectivity index (χ2v) is 10.9. The molecule has 0 spiro atoms. The van der Waals surface area contributed by atoms with Crippen molar-refractivity contribution in [3.63, 3.8) is 0 Å². The van der Waals surface area contributed by atoms with Gasteiger partial charge in [0, 0.05) is 41.7 Å². The minimum Gasteiger partial charge on any atom is -0.382 e. The van der Waals surface area contributed by atoms with E-state index in [9.17, 15) is 14.4 Å². The van der Waals surface area contributed by atoms with E-state index in [0.717, 1.165) is 68.7 Å². The van der Waals surface area contributed by atoms with Crippen LogP contribution in [0.3, 0.4) is 0 Å². The summed E-state index contributed by atoms with van der Waals surface area (Å²) >= 11 is 0. The van der Waals surface area contributed by atoms with Crippen LogP contribution in [0.5, 0.6) is 0 Å². The molecule has 1 aromatic rings. The predicted octanol–water partition coefficient (Wildman–Crippen LogP) is 3.80. The van der Waals surface area contributed by atoms with Gasteiger partial charge in [-0.3, -0.25) is 19.7 Å². The van der Waals surface area contributed by atoms with E-state index in [0.29, 0.717) is 30.5 Å². The summed E-state index contributed by atoms with van der Waals surface area (Å²) < 4.78 is 0. The van der Waals surface area contributed by atoms with Crippen LogP contribution in [0.25, 0.3) is 0 Å². The number of carbonyl (C=O) groups is 3. The van der Waals surface area contributed by atoms with E-state index >= 15 is 0 Å².